The third-order valence-electron chi connectivity index (χ3n) is 2.76. The quantitative estimate of drug-likeness (QED) is 0.262. The summed E-state index contributed by atoms with van der Waals surface area (Å²) in [5.74, 6) is -0.653. The van der Waals surface area contributed by atoms with Gasteiger partial charge < -0.3 is 5.11 Å². The van der Waals surface area contributed by atoms with Gasteiger partial charge in [-0.3, -0.25) is 14.8 Å². The summed E-state index contributed by atoms with van der Waals surface area (Å²) in [5, 5.41) is 21.6. The van der Waals surface area contributed by atoms with E-state index in [0.717, 1.165) is 5.56 Å². The van der Waals surface area contributed by atoms with Crippen LogP contribution in [0.5, 0.6) is 5.75 Å². The number of carbonyl (C=O) groups excluding carboxylic acids is 2. The minimum absolute atomic E-state index is 0.0913. The number of hydrazone groups is 1. The molecule has 2 amide bonds. The van der Waals surface area contributed by atoms with Crippen molar-refractivity contribution < 1.29 is 19.9 Å². The van der Waals surface area contributed by atoms with E-state index >= 15 is 0 Å². The molecule has 0 saturated heterocycles. The molecule has 0 saturated carbocycles. The molecule has 21 heavy (non-hydrogen) atoms. The number of unbranched alkanes of at least 4 members (excludes halogenated alkanes) is 1. The van der Waals surface area contributed by atoms with Crippen LogP contribution in [0.15, 0.2) is 23.3 Å². The molecule has 0 aliphatic rings. The Kier molecular flexibility index (Phi) is 6.90. The number of nitrogens with one attached hydrogen (secondary N) is 2. The first-order chi connectivity index (χ1) is 10.0. The minimum atomic E-state index is -0.469. The Bertz CT molecular complexity index is 529. The van der Waals surface area contributed by atoms with Gasteiger partial charge in [0, 0.05) is 18.4 Å². The van der Waals surface area contributed by atoms with Gasteiger partial charge in [0.25, 0.3) is 0 Å². The smallest absolute Gasteiger partial charge is 0.243 e. The second-order valence-electron chi connectivity index (χ2n) is 4.60. The van der Waals surface area contributed by atoms with Gasteiger partial charge in [0.2, 0.25) is 11.8 Å². The monoisotopic (exact) mass is 293 g/mol. The van der Waals surface area contributed by atoms with Crippen molar-refractivity contribution in [1.82, 2.24) is 10.9 Å². The molecule has 0 aliphatic carbocycles. The standard InChI is InChI=1S/C14H19N3O4/c1-10-6-7-12(18)11(8-10)9-15-16-13(19)4-2-3-5-14(20)17-21/h6-9,18,21H,2-5H2,1H3,(H,16,19)(H,17,20)/b15-9+. The van der Waals surface area contributed by atoms with E-state index in [0.29, 0.717) is 18.4 Å². The molecule has 114 valence electrons. The number of phenols is 1. The van der Waals surface area contributed by atoms with Crippen molar-refractivity contribution in [1.29, 1.82) is 0 Å². The van der Waals surface area contributed by atoms with Crippen LogP contribution < -0.4 is 10.9 Å². The van der Waals surface area contributed by atoms with Crippen LogP contribution in [-0.2, 0) is 9.59 Å². The van der Waals surface area contributed by atoms with Crippen LogP contribution in [0.4, 0.5) is 0 Å². The zero-order chi connectivity index (χ0) is 15.7. The maximum Gasteiger partial charge on any atom is 0.243 e. The van der Waals surface area contributed by atoms with Crippen LogP contribution in [0.3, 0.4) is 0 Å². The highest BCUT2D eigenvalue weighted by Crippen LogP contribution is 2.15. The lowest BCUT2D eigenvalue weighted by Gasteiger charge is -2.01. The summed E-state index contributed by atoms with van der Waals surface area (Å²) >= 11 is 0. The molecule has 0 atom stereocenters. The summed E-state index contributed by atoms with van der Waals surface area (Å²) in [6.07, 6.45) is 2.80. The molecule has 1 aromatic rings. The van der Waals surface area contributed by atoms with E-state index in [1.165, 1.54) is 11.7 Å². The second kappa shape index (κ2) is 8.70. The first kappa shape index (κ1) is 16.6. The second-order valence-corrected chi connectivity index (χ2v) is 4.60. The molecule has 0 bridgehead atoms. The zero-order valence-electron chi connectivity index (χ0n) is 11.8. The molecule has 0 unspecified atom stereocenters. The van der Waals surface area contributed by atoms with Gasteiger partial charge in [-0.15, -0.1) is 0 Å². The Morgan fingerprint density at radius 2 is 1.90 bits per heavy atom. The van der Waals surface area contributed by atoms with Crippen molar-refractivity contribution in [3.8, 4) is 5.75 Å². The molecular weight excluding hydrogens is 274 g/mol. The average Bonchev–Trinajstić information content (AvgIpc) is 2.47. The lowest BCUT2D eigenvalue weighted by Crippen LogP contribution is -2.19. The number of hydrogen-bond donors (Lipinski definition) is 4. The Balaban J connectivity index is 2.31. The van der Waals surface area contributed by atoms with Crippen molar-refractivity contribution in [3.05, 3.63) is 29.3 Å². The Morgan fingerprint density at radius 1 is 1.24 bits per heavy atom. The van der Waals surface area contributed by atoms with Gasteiger partial charge in [0.1, 0.15) is 5.75 Å². The molecule has 1 aromatic carbocycles. The van der Waals surface area contributed by atoms with Crippen molar-refractivity contribution in [2.45, 2.75) is 32.6 Å². The number of hydrogen-bond acceptors (Lipinski definition) is 5. The molecule has 0 spiro atoms. The molecule has 0 heterocycles. The Morgan fingerprint density at radius 3 is 2.57 bits per heavy atom. The number of hydroxylamine groups is 1. The topological polar surface area (TPSA) is 111 Å². The average molecular weight is 293 g/mol. The first-order valence-electron chi connectivity index (χ1n) is 6.57. The number of aromatic hydroxyl groups is 1. The summed E-state index contributed by atoms with van der Waals surface area (Å²) in [4.78, 5) is 22.2. The normalized spacial score (nSPS) is 10.6. The largest absolute Gasteiger partial charge is 0.507 e. The summed E-state index contributed by atoms with van der Waals surface area (Å²) in [7, 11) is 0. The summed E-state index contributed by atoms with van der Waals surface area (Å²) in [6, 6.07) is 5.08. The number of nitrogens with zero attached hydrogens (tertiary/aromatic N) is 1. The van der Waals surface area contributed by atoms with Crippen LogP contribution in [0, 0.1) is 6.92 Å². The number of aryl methyl sites for hydroxylation is 1. The van der Waals surface area contributed by atoms with Crippen molar-refractivity contribution >= 4 is 18.0 Å². The van der Waals surface area contributed by atoms with Gasteiger partial charge in [-0.1, -0.05) is 11.6 Å². The highest BCUT2D eigenvalue weighted by Gasteiger charge is 2.03. The fraction of sp³-hybridized carbons (Fsp3) is 0.357. The molecule has 0 fully saturated rings. The van der Waals surface area contributed by atoms with E-state index in [2.05, 4.69) is 10.5 Å². The van der Waals surface area contributed by atoms with Crippen LogP contribution in [0.2, 0.25) is 0 Å². The molecule has 0 aromatic heterocycles. The van der Waals surface area contributed by atoms with Gasteiger partial charge in [-0.25, -0.2) is 10.9 Å². The molecular formula is C14H19N3O4. The van der Waals surface area contributed by atoms with Gasteiger partial charge in [0.05, 0.1) is 6.21 Å². The number of rotatable bonds is 7. The van der Waals surface area contributed by atoms with Crippen LogP contribution in [0.1, 0.15) is 36.8 Å². The predicted molar refractivity (Wildman–Crippen MR) is 77.0 cm³/mol. The van der Waals surface area contributed by atoms with Crippen LogP contribution in [-0.4, -0.2) is 28.3 Å². The summed E-state index contributed by atoms with van der Waals surface area (Å²) in [6.45, 7) is 1.89. The lowest BCUT2D eigenvalue weighted by molar-refractivity contribution is -0.129. The molecule has 0 aliphatic heterocycles. The van der Waals surface area contributed by atoms with E-state index in [-0.39, 0.29) is 24.5 Å². The number of benzene rings is 1. The fourth-order valence-corrected chi connectivity index (χ4v) is 1.63. The molecule has 1 rings (SSSR count). The third kappa shape index (κ3) is 6.53. The molecule has 4 N–H and O–H groups in total. The minimum Gasteiger partial charge on any atom is -0.507 e. The number of carbonyl (C=O) groups is 2. The molecule has 7 nitrogen and oxygen atoms in total. The van der Waals surface area contributed by atoms with Gasteiger partial charge in [0.15, 0.2) is 0 Å². The van der Waals surface area contributed by atoms with Crippen LogP contribution in [0.25, 0.3) is 0 Å². The van der Waals surface area contributed by atoms with E-state index < -0.39 is 5.91 Å². The van der Waals surface area contributed by atoms with Gasteiger partial charge in [-0.2, -0.15) is 5.10 Å². The Labute approximate surface area is 122 Å². The lowest BCUT2D eigenvalue weighted by atomic mass is 10.1. The fourth-order valence-electron chi connectivity index (χ4n) is 1.63. The SMILES string of the molecule is Cc1ccc(O)c(/C=N/NC(=O)CCCCC(=O)NO)c1. The molecule has 0 radical (unpaired) electrons. The van der Waals surface area contributed by atoms with E-state index in [9.17, 15) is 14.7 Å². The highest BCUT2D eigenvalue weighted by molar-refractivity contribution is 5.85. The maximum absolute atomic E-state index is 11.5. The third-order valence-corrected chi connectivity index (χ3v) is 2.76. The van der Waals surface area contributed by atoms with E-state index in [4.69, 9.17) is 5.21 Å². The number of amides is 2. The predicted octanol–water partition coefficient (Wildman–Crippen LogP) is 1.22. The van der Waals surface area contributed by atoms with Crippen LogP contribution >= 0.6 is 0 Å². The number of phenolic OH excluding ortho intramolecular Hbond substituents is 1. The summed E-state index contributed by atoms with van der Waals surface area (Å²) in [5.41, 5.74) is 5.38. The molecule has 7 heteroatoms. The van der Waals surface area contributed by atoms with Crippen molar-refractivity contribution in [2.75, 3.05) is 0 Å². The van der Waals surface area contributed by atoms with Gasteiger partial charge in [-0.05, 0) is 31.9 Å². The Hall–Kier alpha value is -2.41. The van der Waals surface area contributed by atoms with Gasteiger partial charge >= 0.3 is 0 Å². The van der Waals surface area contributed by atoms with E-state index in [1.54, 1.807) is 18.2 Å². The highest BCUT2D eigenvalue weighted by atomic mass is 16.5. The van der Waals surface area contributed by atoms with E-state index in [1.807, 2.05) is 6.92 Å². The van der Waals surface area contributed by atoms with Crippen molar-refractivity contribution in [3.63, 3.8) is 0 Å². The van der Waals surface area contributed by atoms with Crippen molar-refractivity contribution in [2.24, 2.45) is 5.10 Å². The first-order valence-corrected chi connectivity index (χ1v) is 6.57. The summed E-state index contributed by atoms with van der Waals surface area (Å²) < 4.78 is 0. The zero-order valence-corrected chi connectivity index (χ0v) is 11.8. The maximum atomic E-state index is 11.5.